The maximum Gasteiger partial charge on any atom is 0.181 e. The number of nitrogens with one attached hydrogen (secondary N) is 8. The third-order valence-corrected chi connectivity index (χ3v) is 20.8. The summed E-state index contributed by atoms with van der Waals surface area (Å²) < 4.78 is 39.7. The number of aromatic nitrogens is 20. The molecule has 0 radical (unpaired) electrons. The first-order valence-electron chi connectivity index (χ1n) is 37.0. The van der Waals surface area contributed by atoms with Gasteiger partial charge in [0.1, 0.15) is 40.7 Å². The van der Waals surface area contributed by atoms with Gasteiger partial charge in [-0.3, -0.25) is 50.6 Å². The Kier molecular flexibility index (Phi) is 21.6. The molecule has 0 bridgehead atoms. The van der Waals surface area contributed by atoms with Gasteiger partial charge in [-0.05, 0) is 234 Å². The Labute approximate surface area is 645 Å². The SMILES string of the molecule is CC(C)CCc1nc(-c2ccc3[nH]nc(-c4ccc(F)cc4)c3c2)n[nH]1.CC1CCCN1Cc1nc(-c2ccc3[nH]nc(-c4ccc(F)cc4)c3c2)n[nH]1.Clc1ccc(-c2n[nH]c3ccc(-c4n[nH]c(CN5CCCC5)n4)cc23)cc1Cl.Fc1ccc(-c2n[nH]c3ccc(-c4n[nH]c(CCc5ccccc5)n4)cc23)cc1. The highest BCUT2D eigenvalue weighted by Crippen LogP contribution is 2.36. The highest BCUT2D eigenvalue weighted by molar-refractivity contribution is 6.42. The largest absolute Gasteiger partial charge is 0.296 e. The van der Waals surface area contributed by atoms with Crippen LogP contribution in [0.15, 0.2) is 194 Å². The molecule has 8 N–H and O–H groups in total. The normalized spacial score (nSPS) is 13.8. The number of aryl methyl sites for hydroxylation is 3. The average Bonchev–Trinajstić information content (AvgIpc) is 1.68. The second-order valence-electron chi connectivity index (χ2n) is 28.3. The van der Waals surface area contributed by atoms with Gasteiger partial charge in [0.15, 0.2) is 23.3 Å². The molecule has 2 aliphatic rings. The molecule has 19 rings (SSSR count). The molecule has 9 aromatic carbocycles. The third kappa shape index (κ3) is 17.0. The minimum Gasteiger partial charge on any atom is -0.296 e. The van der Waals surface area contributed by atoms with Gasteiger partial charge in [0.2, 0.25) is 0 Å². The Balaban J connectivity index is 0.000000112. The summed E-state index contributed by atoms with van der Waals surface area (Å²) in [7, 11) is 0. The molecule has 0 spiro atoms. The van der Waals surface area contributed by atoms with Crippen molar-refractivity contribution in [2.24, 2.45) is 5.92 Å². The van der Waals surface area contributed by atoms with E-state index in [1.165, 1.54) is 67.6 Å². The number of hydrogen-bond donors (Lipinski definition) is 8. The molecule has 1 atom stereocenters. The fourth-order valence-corrected chi connectivity index (χ4v) is 14.2. The lowest BCUT2D eigenvalue weighted by Gasteiger charge is -2.18. The molecule has 558 valence electrons. The van der Waals surface area contributed by atoms with Crippen LogP contribution in [0.4, 0.5) is 13.2 Å². The van der Waals surface area contributed by atoms with E-state index in [0.717, 1.165) is 193 Å². The Bertz CT molecular complexity index is 6010. The standard InChI is InChI=1S/C23H18FN5.C21H21FN6.C20H18Cl2N6.C20H20FN5/c24-18-10-7-16(8-11-18)22-19-14-17(9-12-20(19)26-28-22)23-25-21(27-29-23)13-6-15-4-2-1-3-5-15;1-13-3-2-10-28(13)12-19-23-21(27-25-19)15-6-9-18-17(11-15)20(26-24-18)14-4-7-16(22)8-5-14;21-15-5-3-12(10-16(15)22)19-14-9-13(4-6-17(14)24-26-19)20-23-18(25-27-20)11-28-7-1-2-8-28;1-12(2)3-10-18-22-20(26-24-18)14-6-9-17-16(11-14)19(25-23-17)13-4-7-15(21)8-5-13/h1-5,7-12,14H,6,13H2,(H,26,28)(H,25,27,29);4-9,11,13H,2-3,10,12H2,1H3,(H,24,26)(H,23,25,27);3-6,9-10H,1-2,7-8,11H2,(H,24,26)(H,23,25,27);4-9,11-12H,3,10H2,1-2H3,(H,23,25)(H,22,24,26). The summed E-state index contributed by atoms with van der Waals surface area (Å²) in [4.78, 5) is 23.5. The van der Waals surface area contributed by atoms with Gasteiger partial charge in [-0.1, -0.05) is 73.4 Å². The maximum atomic E-state index is 13.3. The molecule has 2 saturated heterocycles. The van der Waals surface area contributed by atoms with Crippen LogP contribution in [0.25, 0.3) is 134 Å². The number of likely N-dealkylation sites (tertiary alicyclic amines) is 2. The van der Waals surface area contributed by atoms with Gasteiger partial charge in [-0.15, -0.1) is 0 Å². The number of aromatic amines is 8. The molecule has 17 aromatic rings. The number of fused-ring (bicyclic) bond motifs is 4. The molecule has 10 heterocycles. The number of benzene rings is 9. The highest BCUT2D eigenvalue weighted by Gasteiger charge is 2.24. The third-order valence-electron chi connectivity index (χ3n) is 20.0. The fraction of sp³-hybridized carbons (Fsp3) is 0.214. The van der Waals surface area contributed by atoms with E-state index in [9.17, 15) is 13.2 Å². The van der Waals surface area contributed by atoms with E-state index in [-0.39, 0.29) is 17.5 Å². The van der Waals surface area contributed by atoms with Crippen LogP contribution in [0.3, 0.4) is 0 Å². The molecule has 27 heteroatoms. The minimum atomic E-state index is -0.266. The minimum absolute atomic E-state index is 0.259. The van der Waals surface area contributed by atoms with Gasteiger partial charge in [-0.25, -0.2) is 33.1 Å². The van der Waals surface area contributed by atoms with Gasteiger partial charge in [0.05, 0.1) is 68.0 Å². The number of H-pyrrole nitrogens is 8. The van der Waals surface area contributed by atoms with Gasteiger partial charge >= 0.3 is 0 Å². The highest BCUT2D eigenvalue weighted by atomic mass is 35.5. The maximum absolute atomic E-state index is 13.3. The van der Waals surface area contributed by atoms with Crippen molar-refractivity contribution < 1.29 is 13.2 Å². The van der Waals surface area contributed by atoms with Crippen molar-refractivity contribution in [2.75, 3.05) is 19.6 Å². The average molecular weight is 1520 g/mol. The van der Waals surface area contributed by atoms with Crippen molar-refractivity contribution in [2.45, 2.75) is 91.3 Å². The van der Waals surface area contributed by atoms with E-state index < -0.39 is 0 Å². The van der Waals surface area contributed by atoms with Crippen LogP contribution >= 0.6 is 23.2 Å². The first-order chi connectivity index (χ1) is 54.2. The predicted octanol–water partition coefficient (Wildman–Crippen LogP) is 18.7. The van der Waals surface area contributed by atoms with Crippen LogP contribution in [0, 0.1) is 23.4 Å². The van der Waals surface area contributed by atoms with Gasteiger partial charge in [0.25, 0.3) is 0 Å². The van der Waals surface area contributed by atoms with Crippen molar-refractivity contribution in [3.05, 3.63) is 250 Å². The summed E-state index contributed by atoms with van der Waals surface area (Å²) in [5.41, 5.74) is 15.3. The van der Waals surface area contributed by atoms with Crippen LogP contribution in [-0.4, -0.2) is 137 Å². The summed E-state index contributed by atoms with van der Waals surface area (Å²) in [5, 5.41) is 64.5. The molecular weight excluding hydrogens is 1440 g/mol. The van der Waals surface area contributed by atoms with Crippen molar-refractivity contribution in [1.82, 2.24) is 111 Å². The summed E-state index contributed by atoms with van der Waals surface area (Å²) in [6.07, 6.45) is 8.67. The van der Waals surface area contributed by atoms with Crippen LogP contribution in [0.1, 0.15) is 81.7 Å². The summed E-state index contributed by atoms with van der Waals surface area (Å²) in [5.74, 6) is 6.08. The Hall–Kier alpha value is -12.3. The summed E-state index contributed by atoms with van der Waals surface area (Å²) in [6.45, 7) is 11.6. The summed E-state index contributed by atoms with van der Waals surface area (Å²) >= 11 is 12.2. The van der Waals surface area contributed by atoms with Crippen molar-refractivity contribution in [3.8, 4) is 90.6 Å². The Morgan fingerprint density at radius 3 is 1.15 bits per heavy atom. The van der Waals surface area contributed by atoms with Gasteiger partial charge in [-0.2, -0.15) is 40.8 Å². The molecule has 2 fully saturated rings. The quantitative estimate of drug-likeness (QED) is 0.0397. The number of rotatable bonds is 18. The lowest BCUT2D eigenvalue weighted by Crippen LogP contribution is -2.26. The van der Waals surface area contributed by atoms with Crippen LogP contribution in [0.2, 0.25) is 10.0 Å². The van der Waals surface area contributed by atoms with E-state index in [0.29, 0.717) is 45.3 Å². The van der Waals surface area contributed by atoms with Crippen LogP contribution in [0.5, 0.6) is 0 Å². The second kappa shape index (κ2) is 32.9. The molecule has 0 saturated carbocycles. The molecule has 22 nitrogen and oxygen atoms in total. The topological polar surface area (TPSA) is 287 Å². The monoisotopic (exact) mass is 1520 g/mol. The lowest BCUT2D eigenvalue weighted by molar-refractivity contribution is 0.254. The second-order valence-corrected chi connectivity index (χ2v) is 29.1. The van der Waals surface area contributed by atoms with E-state index in [4.69, 9.17) is 28.2 Å². The molecule has 8 aromatic heterocycles. The molecule has 111 heavy (non-hydrogen) atoms. The van der Waals surface area contributed by atoms with Crippen LogP contribution in [-0.2, 0) is 32.4 Å². The first-order valence-corrected chi connectivity index (χ1v) is 37.8. The van der Waals surface area contributed by atoms with Crippen molar-refractivity contribution in [1.29, 1.82) is 0 Å². The Morgan fingerprint density at radius 2 is 0.748 bits per heavy atom. The molecule has 0 amide bonds. The molecule has 0 aliphatic carbocycles. The molecular formula is C84H77Cl2F3N22. The number of halogens is 5. The van der Waals surface area contributed by atoms with E-state index in [1.807, 2.05) is 97.1 Å². The zero-order valence-corrected chi connectivity index (χ0v) is 62.5. The van der Waals surface area contributed by atoms with Crippen molar-refractivity contribution >= 4 is 66.8 Å². The zero-order valence-electron chi connectivity index (χ0n) is 61.0. The smallest absolute Gasteiger partial charge is 0.181 e. The molecule has 2 aliphatic heterocycles. The number of nitrogens with zero attached hydrogens (tertiary/aromatic N) is 14. The van der Waals surface area contributed by atoms with Crippen LogP contribution < -0.4 is 0 Å². The van der Waals surface area contributed by atoms with Gasteiger partial charge in [0, 0.05) is 84.9 Å². The molecule has 1 unspecified atom stereocenters. The number of hydrogen-bond acceptors (Lipinski definition) is 14. The van der Waals surface area contributed by atoms with Gasteiger partial charge < -0.3 is 0 Å². The van der Waals surface area contributed by atoms with Crippen molar-refractivity contribution in [3.63, 3.8) is 0 Å². The van der Waals surface area contributed by atoms with E-state index in [1.54, 1.807) is 42.5 Å². The Morgan fingerprint density at radius 1 is 0.369 bits per heavy atom. The van der Waals surface area contributed by atoms with E-state index >= 15 is 0 Å². The lowest BCUT2D eigenvalue weighted by atomic mass is 10.1. The summed E-state index contributed by atoms with van der Waals surface area (Å²) in [6, 6.07) is 59.4. The van der Waals surface area contributed by atoms with E-state index in [2.05, 4.69) is 145 Å². The predicted molar refractivity (Wildman–Crippen MR) is 428 cm³/mol. The zero-order chi connectivity index (χ0) is 75.9. The first kappa shape index (κ1) is 72.9. The fourth-order valence-electron chi connectivity index (χ4n) is 13.9.